The van der Waals surface area contributed by atoms with Gasteiger partial charge in [0, 0.05) is 16.3 Å². The molecule has 10 heteroatoms. The minimum Gasteiger partial charge on any atom is -0.488 e. The molecule has 1 aliphatic heterocycles. The Balaban J connectivity index is 1.39. The maximum absolute atomic E-state index is 13.4. The minimum atomic E-state index is -0.629. The summed E-state index contributed by atoms with van der Waals surface area (Å²) >= 11 is 12.5. The van der Waals surface area contributed by atoms with Crippen molar-refractivity contribution in [2.45, 2.75) is 6.61 Å². The second-order valence-corrected chi connectivity index (χ2v) is 10.4. The number of amides is 3. The van der Waals surface area contributed by atoms with Gasteiger partial charge in [-0.05, 0) is 70.6 Å². The molecule has 196 valence electrons. The van der Waals surface area contributed by atoms with Crippen LogP contribution in [0.5, 0.6) is 5.75 Å². The molecule has 0 aliphatic carbocycles. The average molecular weight is 581 g/mol. The molecular formula is C29H19Cl2FN2O4S. The van der Waals surface area contributed by atoms with E-state index in [0.717, 1.165) is 39.1 Å². The Morgan fingerprint density at radius 2 is 1.77 bits per heavy atom. The maximum atomic E-state index is 13.4. The fourth-order valence-electron chi connectivity index (χ4n) is 3.98. The number of carbonyl (C=O) groups excluding carboxylic acids is 3. The van der Waals surface area contributed by atoms with Gasteiger partial charge in [-0.1, -0.05) is 65.7 Å². The smallest absolute Gasteiger partial charge is 0.294 e. The van der Waals surface area contributed by atoms with Crippen molar-refractivity contribution >= 4 is 74.6 Å². The predicted molar refractivity (Wildman–Crippen MR) is 152 cm³/mol. The molecule has 0 radical (unpaired) electrons. The van der Waals surface area contributed by atoms with Crippen LogP contribution in [0.3, 0.4) is 0 Å². The van der Waals surface area contributed by atoms with Gasteiger partial charge in [-0.25, -0.2) is 4.39 Å². The Morgan fingerprint density at radius 3 is 2.54 bits per heavy atom. The normalized spacial score (nSPS) is 14.3. The number of imide groups is 1. The number of rotatable bonds is 7. The van der Waals surface area contributed by atoms with E-state index in [4.69, 9.17) is 27.9 Å². The van der Waals surface area contributed by atoms with E-state index >= 15 is 0 Å². The van der Waals surface area contributed by atoms with Crippen LogP contribution >= 0.6 is 35.0 Å². The Kier molecular flexibility index (Phi) is 7.88. The number of nitrogens with one attached hydrogen (secondary N) is 1. The van der Waals surface area contributed by atoms with E-state index in [1.54, 1.807) is 18.2 Å². The zero-order valence-electron chi connectivity index (χ0n) is 20.1. The van der Waals surface area contributed by atoms with Crippen LogP contribution in [0, 0.1) is 5.82 Å². The number of fused-ring (bicyclic) bond motifs is 1. The Bertz CT molecular complexity index is 1640. The Labute approximate surface area is 237 Å². The van der Waals surface area contributed by atoms with Gasteiger partial charge in [0.25, 0.3) is 11.1 Å². The summed E-state index contributed by atoms with van der Waals surface area (Å²) in [4.78, 5) is 39.4. The first kappa shape index (κ1) is 26.7. The van der Waals surface area contributed by atoms with E-state index in [9.17, 15) is 18.8 Å². The molecule has 1 aliphatic rings. The first-order valence-corrected chi connectivity index (χ1v) is 13.2. The zero-order chi connectivity index (χ0) is 27.5. The second kappa shape index (κ2) is 11.5. The van der Waals surface area contributed by atoms with Crippen LogP contribution in [0.15, 0.2) is 83.8 Å². The molecule has 4 aromatic rings. The zero-order valence-corrected chi connectivity index (χ0v) is 22.4. The summed E-state index contributed by atoms with van der Waals surface area (Å²) in [6.07, 6.45) is 1.61. The molecule has 3 amide bonds. The van der Waals surface area contributed by atoms with Gasteiger partial charge in [-0.2, -0.15) is 0 Å². The van der Waals surface area contributed by atoms with E-state index in [2.05, 4.69) is 5.32 Å². The van der Waals surface area contributed by atoms with Crippen molar-refractivity contribution in [2.75, 3.05) is 11.9 Å². The number of hydrogen-bond donors (Lipinski definition) is 1. The highest BCUT2D eigenvalue weighted by Crippen LogP contribution is 2.37. The van der Waals surface area contributed by atoms with Crippen LogP contribution in [0.2, 0.25) is 10.0 Å². The number of anilines is 1. The first-order chi connectivity index (χ1) is 18.8. The summed E-state index contributed by atoms with van der Waals surface area (Å²) in [5, 5.41) is 4.16. The number of benzene rings is 4. The number of hydrogen-bond acceptors (Lipinski definition) is 5. The van der Waals surface area contributed by atoms with E-state index in [0.29, 0.717) is 16.3 Å². The number of carbonyl (C=O) groups is 3. The molecular weight excluding hydrogens is 562 g/mol. The molecule has 0 saturated carbocycles. The van der Waals surface area contributed by atoms with Crippen molar-refractivity contribution in [3.05, 3.63) is 111 Å². The fourth-order valence-corrected chi connectivity index (χ4v) is 5.10. The van der Waals surface area contributed by atoms with Crippen LogP contribution < -0.4 is 10.1 Å². The molecule has 0 aromatic heterocycles. The molecule has 0 atom stereocenters. The standard InChI is InChI=1S/C29H19Cl2FN2O4S/c30-19-8-5-17(6-9-19)16-38-25-12-7-18-3-1-2-4-21(18)22(25)14-26-28(36)34(29(37)39-26)15-27(35)33-20-10-11-24(32)23(31)13-20/h1-14H,15-16H2,(H,33,35)/b26-14+. The predicted octanol–water partition coefficient (Wildman–Crippen LogP) is 7.54. The van der Waals surface area contributed by atoms with Crippen LogP contribution in [0.25, 0.3) is 16.8 Å². The van der Waals surface area contributed by atoms with Crippen LogP contribution in [0.4, 0.5) is 14.9 Å². The van der Waals surface area contributed by atoms with Crippen molar-refractivity contribution in [2.24, 2.45) is 0 Å². The molecule has 39 heavy (non-hydrogen) atoms. The average Bonchev–Trinajstić information content (AvgIpc) is 3.18. The molecule has 1 heterocycles. The van der Waals surface area contributed by atoms with Gasteiger partial charge >= 0.3 is 0 Å². The van der Waals surface area contributed by atoms with Crippen molar-refractivity contribution in [3.8, 4) is 5.75 Å². The maximum Gasteiger partial charge on any atom is 0.294 e. The van der Waals surface area contributed by atoms with E-state index < -0.39 is 29.4 Å². The highest BCUT2D eigenvalue weighted by atomic mass is 35.5. The van der Waals surface area contributed by atoms with E-state index in [-0.39, 0.29) is 22.2 Å². The third-order valence-electron chi connectivity index (χ3n) is 5.89. The van der Waals surface area contributed by atoms with Crippen LogP contribution in [0.1, 0.15) is 11.1 Å². The third-order valence-corrected chi connectivity index (χ3v) is 7.34. The fraction of sp³-hybridized carbons (Fsp3) is 0.0690. The number of nitrogens with zero attached hydrogens (tertiary/aromatic N) is 1. The van der Waals surface area contributed by atoms with E-state index in [1.165, 1.54) is 12.1 Å². The summed E-state index contributed by atoms with van der Waals surface area (Å²) in [5.41, 5.74) is 1.79. The van der Waals surface area contributed by atoms with Crippen molar-refractivity contribution in [1.82, 2.24) is 4.90 Å². The Morgan fingerprint density at radius 1 is 1.00 bits per heavy atom. The van der Waals surface area contributed by atoms with Gasteiger partial charge in [-0.15, -0.1) is 0 Å². The monoisotopic (exact) mass is 580 g/mol. The summed E-state index contributed by atoms with van der Waals surface area (Å²) in [5.74, 6) is -1.33. The summed E-state index contributed by atoms with van der Waals surface area (Å²) < 4.78 is 19.5. The van der Waals surface area contributed by atoms with E-state index in [1.807, 2.05) is 48.5 Å². The number of thioether (sulfide) groups is 1. The quantitative estimate of drug-likeness (QED) is 0.228. The van der Waals surface area contributed by atoms with Crippen molar-refractivity contribution in [3.63, 3.8) is 0 Å². The molecule has 0 unspecified atom stereocenters. The second-order valence-electron chi connectivity index (χ2n) is 8.56. The third kappa shape index (κ3) is 6.09. The van der Waals surface area contributed by atoms with Gasteiger partial charge in [-0.3, -0.25) is 19.3 Å². The van der Waals surface area contributed by atoms with Crippen LogP contribution in [-0.2, 0) is 16.2 Å². The van der Waals surface area contributed by atoms with Gasteiger partial charge in [0.1, 0.15) is 24.7 Å². The lowest BCUT2D eigenvalue weighted by Crippen LogP contribution is -2.36. The largest absolute Gasteiger partial charge is 0.488 e. The number of ether oxygens (including phenoxy) is 1. The minimum absolute atomic E-state index is 0.158. The molecule has 0 spiro atoms. The van der Waals surface area contributed by atoms with Gasteiger partial charge < -0.3 is 10.1 Å². The van der Waals surface area contributed by atoms with Crippen molar-refractivity contribution in [1.29, 1.82) is 0 Å². The summed E-state index contributed by atoms with van der Waals surface area (Å²) in [6, 6.07) is 22.3. The Hall–Kier alpha value is -3.85. The molecule has 1 N–H and O–H groups in total. The SMILES string of the molecule is O=C(CN1C(=O)S/C(=C/c2c(OCc3ccc(Cl)cc3)ccc3ccccc23)C1=O)Nc1ccc(F)c(Cl)c1. The lowest BCUT2D eigenvalue weighted by molar-refractivity contribution is -0.127. The molecule has 0 bridgehead atoms. The van der Waals surface area contributed by atoms with Gasteiger partial charge in [0.15, 0.2) is 0 Å². The lowest BCUT2D eigenvalue weighted by Gasteiger charge is -2.14. The topological polar surface area (TPSA) is 75.7 Å². The molecule has 5 rings (SSSR count). The lowest BCUT2D eigenvalue weighted by atomic mass is 10.0. The van der Waals surface area contributed by atoms with Gasteiger partial charge in [0.05, 0.1) is 9.93 Å². The molecule has 1 saturated heterocycles. The van der Waals surface area contributed by atoms with Gasteiger partial charge in [0.2, 0.25) is 5.91 Å². The molecule has 4 aromatic carbocycles. The molecule has 6 nitrogen and oxygen atoms in total. The summed E-state index contributed by atoms with van der Waals surface area (Å²) in [7, 11) is 0. The first-order valence-electron chi connectivity index (χ1n) is 11.7. The highest BCUT2D eigenvalue weighted by Gasteiger charge is 2.36. The van der Waals surface area contributed by atoms with Crippen molar-refractivity contribution < 1.29 is 23.5 Å². The highest BCUT2D eigenvalue weighted by molar-refractivity contribution is 8.18. The summed E-state index contributed by atoms with van der Waals surface area (Å²) in [6.45, 7) is -0.238. The molecule has 1 fully saturated rings. The van der Waals surface area contributed by atoms with Crippen LogP contribution in [-0.4, -0.2) is 28.5 Å². The number of halogens is 3.